The van der Waals surface area contributed by atoms with Crippen molar-refractivity contribution in [3.8, 4) is 11.8 Å². The third kappa shape index (κ3) is 3.18. The predicted molar refractivity (Wildman–Crippen MR) is 57.8 cm³/mol. The lowest BCUT2D eigenvalue weighted by atomic mass is 10.00. The van der Waals surface area contributed by atoms with Crippen molar-refractivity contribution in [3.05, 3.63) is 29.6 Å². The van der Waals surface area contributed by atoms with Crippen molar-refractivity contribution in [1.29, 1.82) is 5.26 Å². The number of halogens is 1. The maximum absolute atomic E-state index is 13.1. The number of ether oxygens (including phenoxy) is 2. The fourth-order valence-electron chi connectivity index (χ4n) is 1.45. The van der Waals surface area contributed by atoms with Crippen molar-refractivity contribution >= 4 is 5.97 Å². The summed E-state index contributed by atoms with van der Waals surface area (Å²) in [6.45, 7) is 0. The van der Waals surface area contributed by atoms with Crippen LogP contribution in [-0.2, 0) is 16.0 Å². The highest BCUT2D eigenvalue weighted by molar-refractivity contribution is 5.75. The second-order valence-corrected chi connectivity index (χ2v) is 3.37. The van der Waals surface area contributed by atoms with Crippen molar-refractivity contribution in [2.75, 3.05) is 14.2 Å². The largest absolute Gasteiger partial charge is 0.496 e. The number of carbonyl (C=O) groups excluding carboxylic acids is 1. The van der Waals surface area contributed by atoms with Crippen LogP contribution in [0, 0.1) is 23.1 Å². The van der Waals surface area contributed by atoms with Crippen LogP contribution >= 0.6 is 0 Å². The Balaban J connectivity index is 2.97. The van der Waals surface area contributed by atoms with Crippen LogP contribution in [-0.4, -0.2) is 20.2 Å². The van der Waals surface area contributed by atoms with Crippen molar-refractivity contribution in [2.24, 2.45) is 5.92 Å². The topological polar surface area (TPSA) is 59.3 Å². The van der Waals surface area contributed by atoms with Crippen molar-refractivity contribution in [3.63, 3.8) is 0 Å². The fourth-order valence-corrected chi connectivity index (χ4v) is 1.45. The van der Waals surface area contributed by atoms with Crippen molar-refractivity contribution in [2.45, 2.75) is 6.42 Å². The first-order valence-electron chi connectivity index (χ1n) is 4.92. The van der Waals surface area contributed by atoms with E-state index in [4.69, 9.17) is 10.00 Å². The second kappa shape index (κ2) is 5.85. The minimum Gasteiger partial charge on any atom is -0.496 e. The number of esters is 1. The van der Waals surface area contributed by atoms with Gasteiger partial charge in [-0.1, -0.05) is 0 Å². The smallest absolute Gasteiger partial charge is 0.323 e. The van der Waals surface area contributed by atoms with Crippen molar-refractivity contribution < 1.29 is 18.7 Å². The Hall–Kier alpha value is -2.09. The minimum atomic E-state index is -0.962. The van der Waals surface area contributed by atoms with E-state index in [0.29, 0.717) is 11.3 Å². The van der Waals surface area contributed by atoms with Gasteiger partial charge in [0.15, 0.2) is 0 Å². The molecule has 0 aromatic heterocycles. The first-order valence-corrected chi connectivity index (χ1v) is 4.92. The first-order chi connectivity index (χ1) is 8.12. The summed E-state index contributed by atoms with van der Waals surface area (Å²) >= 11 is 0. The van der Waals surface area contributed by atoms with Crippen LogP contribution in [0.5, 0.6) is 5.75 Å². The molecule has 0 saturated carbocycles. The number of hydrogen-bond acceptors (Lipinski definition) is 4. The van der Waals surface area contributed by atoms with Gasteiger partial charge >= 0.3 is 5.97 Å². The van der Waals surface area contributed by atoms with E-state index in [1.807, 2.05) is 6.07 Å². The summed E-state index contributed by atoms with van der Waals surface area (Å²) in [7, 11) is 2.64. The molecule has 0 fully saturated rings. The molecule has 5 heteroatoms. The van der Waals surface area contributed by atoms with E-state index in [1.54, 1.807) is 0 Å². The van der Waals surface area contributed by atoms with E-state index in [-0.39, 0.29) is 6.42 Å². The van der Waals surface area contributed by atoms with Gasteiger partial charge in [0.25, 0.3) is 0 Å². The molecule has 90 valence electrons. The predicted octanol–water partition coefficient (Wildman–Crippen LogP) is 1.69. The van der Waals surface area contributed by atoms with Gasteiger partial charge in [0.2, 0.25) is 0 Å². The van der Waals surface area contributed by atoms with Crippen LogP contribution < -0.4 is 4.74 Å². The number of carbonyl (C=O) groups is 1. The monoisotopic (exact) mass is 237 g/mol. The Bertz CT molecular complexity index is 454. The minimum absolute atomic E-state index is 0.0596. The highest BCUT2D eigenvalue weighted by Gasteiger charge is 2.21. The third-order valence-electron chi connectivity index (χ3n) is 2.31. The van der Waals surface area contributed by atoms with Crippen LogP contribution in [0.3, 0.4) is 0 Å². The summed E-state index contributed by atoms with van der Waals surface area (Å²) in [6.07, 6.45) is 0.0596. The first kappa shape index (κ1) is 13.0. The van der Waals surface area contributed by atoms with E-state index in [0.717, 1.165) is 0 Å². The Labute approximate surface area is 98.6 Å². The number of hydrogen-bond donors (Lipinski definition) is 0. The van der Waals surface area contributed by atoms with Gasteiger partial charge in [-0.25, -0.2) is 4.39 Å². The Morgan fingerprint density at radius 1 is 1.53 bits per heavy atom. The number of nitrogens with zero attached hydrogens (tertiary/aromatic N) is 1. The molecule has 0 aliphatic heterocycles. The molecule has 0 radical (unpaired) electrons. The zero-order valence-electron chi connectivity index (χ0n) is 9.57. The normalized spacial score (nSPS) is 11.4. The van der Waals surface area contributed by atoms with Crippen LogP contribution in [0.2, 0.25) is 0 Å². The number of nitriles is 1. The van der Waals surface area contributed by atoms with E-state index in [1.165, 1.54) is 32.4 Å². The Kier molecular flexibility index (Phi) is 4.46. The zero-order valence-corrected chi connectivity index (χ0v) is 9.57. The molecule has 1 rings (SSSR count). The molecular weight excluding hydrogens is 225 g/mol. The van der Waals surface area contributed by atoms with Gasteiger partial charge in [0.1, 0.15) is 17.5 Å². The molecule has 0 amide bonds. The molecule has 1 atom stereocenters. The maximum atomic E-state index is 13.1. The fraction of sp³-hybridized carbons (Fsp3) is 0.333. The average molecular weight is 237 g/mol. The molecule has 1 unspecified atom stereocenters. The van der Waals surface area contributed by atoms with Gasteiger partial charge in [0, 0.05) is 6.42 Å². The van der Waals surface area contributed by atoms with E-state index in [9.17, 15) is 9.18 Å². The highest BCUT2D eigenvalue weighted by atomic mass is 19.1. The van der Waals surface area contributed by atoms with Crippen LogP contribution in [0.25, 0.3) is 0 Å². The molecule has 1 aromatic rings. The highest BCUT2D eigenvalue weighted by Crippen LogP contribution is 2.22. The molecule has 0 aliphatic carbocycles. The van der Waals surface area contributed by atoms with E-state index >= 15 is 0 Å². The molecule has 0 aliphatic rings. The van der Waals surface area contributed by atoms with Crippen molar-refractivity contribution in [1.82, 2.24) is 0 Å². The lowest BCUT2D eigenvalue weighted by Gasteiger charge is -2.10. The summed E-state index contributed by atoms with van der Waals surface area (Å²) in [5, 5.41) is 8.84. The van der Waals surface area contributed by atoms with E-state index in [2.05, 4.69) is 4.74 Å². The summed E-state index contributed by atoms with van der Waals surface area (Å²) in [6, 6.07) is 5.77. The summed E-state index contributed by atoms with van der Waals surface area (Å²) in [5.41, 5.74) is 0.462. The number of rotatable bonds is 4. The van der Waals surface area contributed by atoms with Gasteiger partial charge in [0.05, 0.1) is 20.3 Å². The molecule has 0 bridgehead atoms. The van der Waals surface area contributed by atoms with Crippen LogP contribution in [0.1, 0.15) is 5.56 Å². The standard InChI is InChI=1S/C12H12FNO3/c1-16-11-4-3-10(13)6-8(11)5-9(7-14)12(15)17-2/h3-4,6,9H,5H2,1-2H3. The molecule has 17 heavy (non-hydrogen) atoms. The summed E-state index contributed by atoms with van der Waals surface area (Å²) < 4.78 is 22.6. The maximum Gasteiger partial charge on any atom is 0.323 e. The Morgan fingerprint density at radius 3 is 2.76 bits per heavy atom. The Morgan fingerprint density at radius 2 is 2.24 bits per heavy atom. The lowest BCUT2D eigenvalue weighted by molar-refractivity contribution is -0.143. The molecule has 1 aromatic carbocycles. The molecule has 0 saturated heterocycles. The zero-order chi connectivity index (χ0) is 12.8. The van der Waals surface area contributed by atoms with Gasteiger partial charge in [-0.3, -0.25) is 4.79 Å². The van der Waals surface area contributed by atoms with Crippen LogP contribution in [0.15, 0.2) is 18.2 Å². The summed E-state index contributed by atoms with van der Waals surface area (Å²) in [4.78, 5) is 11.3. The molecule has 0 N–H and O–H groups in total. The van der Waals surface area contributed by atoms with Gasteiger partial charge in [-0.15, -0.1) is 0 Å². The molecule has 0 spiro atoms. The van der Waals surface area contributed by atoms with Gasteiger partial charge in [-0.2, -0.15) is 5.26 Å². The van der Waals surface area contributed by atoms with E-state index < -0.39 is 17.7 Å². The average Bonchev–Trinajstić information content (AvgIpc) is 2.35. The summed E-state index contributed by atoms with van der Waals surface area (Å²) in [5.74, 6) is -1.60. The van der Waals surface area contributed by atoms with Gasteiger partial charge < -0.3 is 9.47 Å². The third-order valence-corrected chi connectivity index (χ3v) is 2.31. The number of methoxy groups -OCH3 is 2. The lowest BCUT2D eigenvalue weighted by Crippen LogP contribution is -2.17. The second-order valence-electron chi connectivity index (χ2n) is 3.37. The molecule has 4 nitrogen and oxygen atoms in total. The molecule has 0 heterocycles. The number of benzene rings is 1. The SMILES string of the molecule is COC(=O)C(C#N)Cc1cc(F)ccc1OC. The molecular formula is C12H12FNO3. The van der Waals surface area contributed by atoms with Crippen LogP contribution in [0.4, 0.5) is 4.39 Å². The van der Waals surface area contributed by atoms with Gasteiger partial charge in [-0.05, 0) is 23.8 Å². The quantitative estimate of drug-likeness (QED) is 0.748.